The Kier molecular flexibility index (Phi) is 3.79. The van der Waals surface area contributed by atoms with Crippen LogP contribution in [0.1, 0.15) is 45.3 Å². The van der Waals surface area contributed by atoms with Crippen LogP contribution in [-0.2, 0) is 25.8 Å². The summed E-state index contributed by atoms with van der Waals surface area (Å²) in [5.41, 5.74) is 4.24. The van der Waals surface area contributed by atoms with Gasteiger partial charge >= 0.3 is 0 Å². The molecule has 0 radical (unpaired) electrons. The van der Waals surface area contributed by atoms with Crippen LogP contribution in [0.25, 0.3) is 0 Å². The molecule has 1 aromatic carbocycles. The van der Waals surface area contributed by atoms with E-state index in [1.807, 2.05) is 6.07 Å². The zero-order valence-corrected chi connectivity index (χ0v) is 15.8. The Hall–Kier alpha value is -1.52. The van der Waals surface area contributed by atoms with Crippen molar-refractivity contribution < 1.29 is 9.47 Å². The number of ether oxygens (including phenoxy) is 2. The van der Waals surface area contributed by atoms with Crippen LogP contribution in [0.3, 0.4) is 0 Å². The van der Waals surface area contributed by atoms with Gasteiger partial charge in [-0.3, -0.25) is 4.90 Å². The zero-order valence-electron chi connectivity index (χ0n) is 15.0. The summed E-state index contributed by atoms with van der Waals surface area (Å²) in [6.07, 6.45) is 6.40. The minimum Gasteiger partial charge on any atom is -0.496 e. The van der Waals surface area contributed by atoms with Gasteiger partial charge in [0.15, 0.2) is 0 Å². The molecule has 2 aliphatic heterocycles. The summed E-state index contributed by atoms with van der Waals surface area (Å²) >= 11 is 2.08. The van der Waals surface area contributed by atoms with Gasteiger partial charge < -0.3 is 9.47 Å². The monoisotopic (exact) mass is 355 g/mol. The highest BCUT2D eigenvalue weighted by Gasteiger charge is 2.36. The molecule has 1 aromatic heterocycles. The van der Waals surface area contributed by atoms with Gasteiger partial charge in [0.25, 0.3) is 0 Å². The van der Waals surface area contributed by atoms with Gasteiger partial charge in [0.1, 0.15) is 11.5 Å². The molecule has 1 atom stereocenters. The molecule has 0 bridgehead atoms. The first-order valence-electron chi connectivity index (χ1n) is 9.35. The Morgan fingerprint density at radius 1 is 1.12 bits per heavy atom. The van der Waals surface area contributed by atoms with Gasteiger partial charge in [-0.1, -0.05) is 0 Å². The SMILES string of the molecule is COc1ccc(OC)c2c1C[C@H]1c3cc(CC4CC4)sc3CCN1C2. The van der Waals surface area contributed by atoms with Crippen molar-refractivity contribution in [3.05, 3.63) is 44.6 Å². The van der Waals surface area contributed by atoms with Crippen LogP contribution in [0.5, 0.6) is 11.5 Å². The molecule has 132 valence electrons. The van der Waals surface area contributed by atoms with Gasteiger partial charge in [0.05, 0.1) is 14.2 Å². The predicted octanol–water partition coefficient (Wildman–Crippen LogP) is 4.37. The van der Waals surface area contributed by atoms with Crippen molar-refractivity contribution >= 4 is 11.3 Å². The van der Waals surface area contributed by atoms with E-state index in [9.17, 15) is 0 Å². The third kappa shape index (κ3) is 2.67. The smallest absolute Gasteiger partial charge is 0.123 e. The summed E-state index contributed by atoms with van der Waals surface area (Å²) in [7, 11) is 3.55. The van der Waals surface area contributed by atoms with Crippen LogP contribution in [0.15, 0.2) is 18.2 Å². The minimum atomic E-state index is 0.501. The molecule has 0 unspecified atom stereocenters. The second-order valence-electron chi connectivity index (χ2n) is 7.61. The molecule has 3 nitrogen and oxygen atoms in total. The molecule has 5 rings (SSSR count). The maximum absolute atomic E-state index is 5.67. The summed E-state index contributed by atoms with van der Waals surface area (Å²) < 4.78 is 11.3. The van der Waals surface area contributed by atoms with Crippen molar-refractivity contribution in [3.63, 3.8) is 0 Å². The summed E-state index contributed by atoms with van der Waals surface area (Å²) in [6.45, 7) is 2.12. The summed E-state index contributed by atoms with van der Waals surface area (Å²) in [4.78, 5) is 5.88. The van der Waals surface area contributed by atoms with Crippen LogP contribution in [0, 0.1) is 5.92 Å². The summed E-state index contributed by atoms with van der Waals surface area (Å²) in [6, 6.07) is 7.13. The van der Waals surface area contributed by atoms with Gasteiger partial charge in [0.2, 0.25) is 0 Å². The fraction of sp³-hybridized carbons (Fsp3) is 0.524. The van der Waals surface area contributed by atoms with E-state index >= 15 is 0 Å². The number of rotatable bonds is 4. The lowest BCUT2D eigenvalue weighted by atomic mass is 9.86. The first kappa shape index (κ1) is 15.7. The number of benzene rings is 1. The Morgan fingerprint density at radius 2 is 1.88 bits per heavy atom. The molecule has 1 aliphatic carbocycles. The second kappa shape index (κ2) is 6.03. The third-order valence-electron chi connectivity index (χ3n) is 6.05. The van der Waals surface area contributed by atoms with Crippen LogP contribution in [-0.4, -0.2) is 25.7 Å². The Balaban J connectivity index is 1.52. The number of methoxy groups -OCH3 is 2. The van der Waals surface area contributed by atoms with E-state index in [0.29, 0.717) is 6.04 Å². The fourth-order valence-electron chi connectivity index (χ4n) is 4.54. The average molecular weight is 356 g/mol. The molecule has 0 saturated heterocycles. The lowest BCUT2D eigenvalue weighted by molar-refractivity contribution is 0.158. The minimum absolute atomic E-state index is 0.501. The number of thiophene rings is 1. The van der Waals surface area contributed by atoms with Gasteiger partial charge in [-0.15, -0.1) is 11.3 Å². The number of hydrogen-bond donors (Lipinski definition) is 0. The van der Waals surface area contributed by atoms with Gasteiger partial charge in [-0.2, -0.15) is 0 Å². The molecular weight excluding hydrogens is 330 g/mol. The second-order valence-corrected chi connectivity index (χ2v) is 8.83. The molecule has 1 saturated carbocycles. The van der Waals surface area contributed by atoms with Crippen molar-refractivity contribution in [1.29, 1.82) is 0 Å². The van der Waals surface area contributed by atoms with E-state index in [-0.39, 0.29) is 0 Å². The molecule has 1 fully saturated rings. The number of nitrogens with zero attached hydrogens (tertiary/aromatic N) is 1. The lowest BCUT2D eigenvalue weighted by Crippen LogP contribution is -2.39. The molecule has 0 spiro atoms. The van der Waals surface area contributed by atoms with E-state index < -0.39 is 0 Å². The van der Waals surface area contributed by atoms with Crippen LogP contribution in [0.2, 0.25) is 0 Å². The van der Waals surface area contributed by atoms with Crippen molar-refractivity contribution in [2.24, 2.45) is 5.92 Å². The largest absolute Gasteiger partial charge is 0.496 e. The average Bonchev–Trinajstić information content (AvgIpc) is 3.35. The Labute approximate surface area is 153 Å². The maximum Gasteiger partial charge on any atom is 0.123 e. The molecule has 4 heteroatoms. The first-order chi connectivity index (χ1) is 12.3. The maximum atomic E-state index is 5.67. The Morgan fingerprint density at radius 3 is 2.60 bits per heavy atom. The Bertz CT molecular complexity index is 808. The van der Waals surface area contributed by atoms with Crippen LogP contribution in [0.4, 0.5) is 0 Å². The molecule has 25 heavy (non-hydrogen) atoms. The third-order valence-corrected chi connectivity index (χ3v) is 7.28. The van der Waals surface area contributed by atoms with Gasteiger partial charge in [0, 0.05) is 40.0 Å². The number of hydrogen-bond acceptors (Lipinski definition) is 4. The van der Waals surface area contributed by atoms with Crippen LogP contribution < -0.4 is 9.47 Å². The number of fused-ring (bicyclic) bond motifs is 4. The van der Waals surface area contributed by atoms with E-state index in [1.54, 1.807) is 29.5 Å². The molecule has 0 N–H and O–H groups in total. The highest BCUT2D eigenvalue weighted by Crippen LogP contribution is 2.46. The molecule has 3 aliphatic rings. The van der Waals surface area contributed by atoms with E-state index in [0.717, 1.165) is 36.9 Å². The highest BCUT2D eigenvalue weighted by atomic mass is 32.1. The van der Waals surface area contributed by atoms with E-state index in [1.165, 1.54) is 36.8 Å². The van der Waals surface area contributed by atoms with Gasteiger partial charge in [-0.25, -0.2) is 0 Å². The quantitative estimate of drug-likeness (QED) is 0.813. The molecule has 0 amide bonds. The molecular formula is C21H25NO2S. The topological polar surface area (TPSA) is 21.7 Å². The van der Waals surface area contributed by atoms with Crippen LogP contribution >= 0.6 is 11.3 Å². The standard InChI is InChI=1S/C21H25NO2S/c1-23-19-5-6-20(24-2)17-12-22-8-7-21-16(18(22)11-15(17)19)10-14(25-21)9-13-3-4-13/h5-6,10,13,18H,3-4,7-9,11-12H2,1-2H3/t18-/m0/s1. The summed E-state index contributed by atoms with van der Waals surface area (Å²) in [5.74, 6) is 2.98. The van der Waals surface area contributed by atoms with Crippen molar-refractivity contribution in [2.45, 2.75) is 44.7 Å². The normalized spacial score (nSPS) is 22.1. The van der Waals surface area contributed by atoms with E-state index in [2.05, 4.69) is 28.4 Å². The zero-order chi connectivity index (χ0) is 17.0. The summed E-state index contributed by atoms with van der Waals surface area (Å²) in [5, 5.41) is 0. The first-order valence-corrected chi connectivity index (χ1v) is 10.2. The molecule has 3 heterocycles. The van der Waals surface area contributed by atoms with Gasteiger partial charge in [-0.05, 0) is 61.8 Å². The highest BCUT2D eigenvalue weighted by molar-refractivity contribution is 7.12. The molecule has 2 aromatic rings. The predicted molar refractivity (Wildman–Crippen MR) is 101 cm³/mol. The lowest BCUT2D eigenvalue weighted by Gasteiger charge is -2.41. The van der Waals surface area contributed by atoms with Crippen molar-refractivity contribution in [1.82, 2.24) is 4.90 Å². The van der Waals surface area contributed by atoms with Crippen molar-refractivity contribution in [2.75, 3.05) is 20.8 Å². The fourth-order valence-corrected chi connectivity index (χ4v) is 5.86. The van der Waals surface area contributed by atoms with Crippen molar-refractivity contribution in [3.8, 4) is 11.5 Å². The van der Waals surface area contributed by atoms with E-state index in [4.69, 9.17) is 9.47 Å².